The fraction of sp³-hybridized carbons (Fsp3) is 0.294. The van der Waals surface area contributed by atoms with Gasteiger partial charge in [-0.3, -0.25) is 0 Å². The van der Waals surface area contributed by atoms with E-state index < -0.39 is 0 Å². The molecule has 0 aliphatic heterocycles. The molecule has 0 bridgehead atoms. The SMILES string of the molecule is c1cc2nc(-c3c[nH]c4nc(CC5CCC5)ncc34)ccn2n1. The molecule has 4 aromatic heterocycles. The smallest absolute Gasteiger partial charge is 0.155 e. The predicted molar refractivity (Wildman–Crippen MR) is 86.9 cm³/mol. The largest absolute Gasteiger partial charge is 0.345 e. The van der Waals surface area contributed by atoms with Crippen LogP contribution in [0.3, 0.4) is 0 Å². The molecule has 23 heavy (non-hydrogen) atoms. The van der Waals surface area contributed by atoms with Gasteiger partial charge in [0.25, 0.3) is 0 Å². The zero-order chi connectivity index (χ0) is 15.2. The Kier molecular flexibility index (Phi) is 2.70. The van der Waals surface area contributed by atoms with Crippen molar-refractivity contribution in [3.8, 4) is 11.3 Å². The molecule has 0 radical (unpaired) electrons. The Morgan fingerprint density at radius 2 is 2.17 bits per heavy atom. The van der Waals surface area contributed by atoms with Crippen molar-refractivity contribution in [2.75, 3.05) is 0 Å². The second kappa shape index (κ2) is 4.87. The van der Waals surface area contributed by atoms with Crippen LogP contribution in [-0.2, 0) is 6.42 Å². The van der Waals surface area contributed by atoms with Crippen LogP contribution in [0.4, 0.5) is 0 Å². The van der Waals surface area contributed by atoms with Gasteiger partial charge in [-0.25, -0.2) is 19.5 Å². The molecule has 6 heteroatoms. The van der Waals surface area contributed by atoms with E-state index in [1.54, 1.807) is 10.7 Å². The molecule has 0 atom stereocenters. The second-order valence-electron chi connectivity index (χ2n) is 6.20. The number of aromatic nitrogens is 6. The molecule has 0 unspecified atom stereocenters. The van der Waals surface area contributed by atoms with Gasteiger partial charge in [0.2, 0.25) is 0 Å². The highest BCUT2D eigenvalue weighted by atomic mass is 15.2. The van der Waals surface area contributed by atoms with Crippen molar-refractivity contribution in [1.29, 1.82) is 0 Å². The molecule has 0 spiro atoms. The molecule has 1 fully saturated rings. The van der Waals surface area contributed by atoms with Crippen molar-refractivity contribution >= 4 is 16.7 Å². The van der Waals surface area contributed by atoms with Gasteiger partial charge >= 0.3 is 0 Å². The van der Waals surface area contributed by atoms with Crippen molar-refractivity contribution in [2.24, 2.45) is 5.92 Å². The lowest BCUT2D eigenvalue weighted by Crippen LogP contribution is -2.15. The van der Waals surface area contributed by atoms with Crippen molar-refractivity contribution in [3.05, 3.63) is 42.7 Å². The second-order valence-corrected chi connectivity index (χ2v) is 6.20. The maximum Gasteiger partial charge on any atom is 0.155 e. The summed E-state index contributed by atoms with van der Waals surface area (Å²) in [6, 6.07) is 3.86. The summed E-state index contributed by atoms with van der Waals surface area (Å²) in [4.78, 5) is 17.2. The number of aromatic amines is 1. The molecule has 114 valence electrons. The van der Waals surface area contributed by atoms with Crippen molar-refractivity contribution in [3.63, 3.8) is 0 Å². The monoisotopic (exact) mass is 304 g/mol. The quantitative estimate of drug-likeness (QED) is 0.631. The minimum Gasteiger partial charge on any atom is -0.345 e. The highest BCUT2D eigenvalue weighted by Gasteiger charge is 2.19. The van der Waals surface area contributed by atoms with Gasteiger partial charge in [0.15, 0.2) is 5.65 Å². The summed E-state index contributed by atoms with van der Waals surface area (Å²) in [6.07, 6.45) is 12.5. The van der Waals surface area contributed by atoms with Gasteiger partial charge in [-0.2, -0.15) is 5.10 Å². The number of rotatable bonds is 3. The summed E-state index contributed by atoms with van der Waals surface area (Å²) in [5.41, 5.74) is 3.65. The van der Waals surface area contributed by atoms with E-state index in [4.69, 9.17) is 0 Å². The molecule has 1 N–H and O–H groups in total. The molecule has 5 rings (SSSR count). The molecule has 4 heterocycles. The molecular formula is C17H16N6. The van der Waals surface area contributed by atoms with E-state index in [9.17, 15) is 0 Å². The Balaban J connectivity index is 1.55. The lowest BCUT2D eigenvalue weighted by molar-refractivity contribution is 0.309. The first-order valence-electron chi connectivity index (χ1n) is 8.00. The molecule has 0 amide bonds. The predicted octanol–water partition coefficient (Wildman–Crippen LogP) is 3.01. The van der Waals surface area contributed by atoms with Crippen LogP contribution >= 0.6 is 0 Å². The van der Waals surface area contributed by atoms with Crippen LogP contribution in [0.5, 0.6) is 0 Å². The van der Waals surface area contributed by atoms with Crippen LogP contribution in [-0.4, -0.2) is 29.5 Å². The van der Waals surface area contributed by atoms with Crippen molar-refractivity contribution in [1.82, 2.24) is 29.5 Å². The standard InChI is InChI=1S/C17H16N6/c1-2-11(3-1)8-15-18-10-13-12(9-19-17(13)22-15)14-5-7-23-16(21-14)4-6-20-23/h4-7,9-11H,1-3,8H2,(H,18,19,22). The minimum absolute atomic E-state index is 0.771. The Labute approximate surface area is 132 Å². The van der Waals surface area contributed by atoms with E-state index in [1.807, 2.05) is 30.7 Å². The van der Waals surface area contributed by atoms with Crippen molar-refractivity contribution in [2.45, 2.75) is 25.7 Å². The Hall–Kier alpha value is -2.76. The number of nitrogens with one attached hydrogen (secondary N) is 1. The fourth-order valence-corrected chi connectivity index (χ4v) is 3.17. The van der Waals surface area contributed by atoms with Crippen LogP contribution in [0.15, 0.2) is 36.9 Å². The van der Waals surface area contributed by atoms with Crippen molar-refractivity contribution < 1.29 is 0 Å². The number of nitrogens with zero attached hydrogens (tertiary/aromatic N) is 5. The van der Waals surface area contributed by atoms with Crippen LogP contribution in [0, 0.1) is 5.92 Å². The van der Waals surface area contributed by atoms with Gasteiger partial charge in [0, 0.05) is 42.0 Å². The molecule has 1 aliphatic carbocycles. The summed E-state index contributed by atoms with van der Waals surface area (Å²) < 4.78 is 1.76. The van der Waals surface area contributed by atoms with E-state index in [-0.39, 0.29) is 0 Å². The van der Waals surface area contributed by atoms with E-state index in [0.717, 1.165) is 46.1 Å². The highest BCUT2D eigenvalue weighted by molar-refractivity contribution is 5.92. The van der Waals surface area contributed by atoms with Gasteiger partial charge < -0.3 is 4.98 Å². The number of H-pyrrole nitrogens is 1. The Morgan fingerprint density at radius 1 is 1.22 bits per heavy atom. The molecule has 1 aliphatic rings. The average molecular weight is 304 g/mol. The molecule has 6 nitrogen and oxygen atoms in total. The molecule has 1 saturated carbocycles. The third-order valence-corrected chi connectivity index (χ3v) is 4.71. The topological polar surface area (TPSA) is 71.8 Å². The van der Waals surface area contributed by atoms with Crippen LogP contribution < -0.4 is 0 Å². The molecular weight excluding hydrogens is 288 g/mol. The van der Waals surface area contributed by atoms with Gasteiger partial charge in [-0.1, -0.05) is 19.3 Å². The maximum atomic E-state index is 4.68. The van der Waals surface area contributed by atoms with E-state index >= 15 is 0 Å². The van der Waals surface area contributed by atoms with E-state index in [2.05, 4.69) is 25.0 Å². The Bertz CT molecular complexity index is 995. The average Bonchev–Trinajstić information content (AvgIpc) is 3.16. The summed E-state index contributed by atoms with van der Waals surface area (Å²) in [5.74, 6) is 1.71. The molecule has 0 saturated heterocycles. The molecule has 0 aromatic carbocycles. The minimum atomic E-state index is 0.771. The number of fused-ring (bicyclic) bond motifs is 2. The number of hydrogen-bond acceptors (Lipinski definition) is 4. The van der Waals surface area contributed by atoms with E-state index in [1.165, 1.54) is 19.3 Å². The van der Waals surface area contributed by atoms with E-state index in [0.29, 0.717) is 0 Å². The maximum absolute atomic E-state index is 4.68. The summed E-state index contributed by atoms with van der Waals surface area (Å²) in [6.45, 7) is 0. The number of hydrogen-bond donors (Lipinski definition) is 1. The highest BCUT2D eigenvalue weighted by Crippen LogP contribution is 2.30. The third kappa shape index (κ3) is 2.10. The summed E-state index contributed by atoms with van der Waals surface area (Å²) in [5, 5.41) is 5.19. The third-order valence-electron chi connectivity index (χ3n) is 4.71. The lowest BCUT2D eigenvalue weighted by atomic mass is 9.83. The van der Waals surface area contributed by atoms with Crippen LogP contribution in [0.2, 0.25) is 0 Å². The van der Waals surface area contributed by atoms with Gasteiger partial charge in [0.1, 0.15) is 11.5 Å². The lowest BCUT2D eigenvalue weighted by Gasteiger charge is -2.24. The fourth-order valence-electron chi connectivity index (χ4n) is 3.17. The first kappa shape index (κ1) is 12.8. The molecule has 4 aromatic rings. The normalized spacial score (nSPS) is 15.3. The zero-order valence-corrected chi connectivity index (χ0v) is 12.6. The van der Waals surface area contributed by atoms with Gasteiger partial charge in [-0.15, -0.1) is 0 Å². The van der Waals surface area contributed by atoms with Crippen LogP contribution in [0.25, 0.3) is 27.9 Å². The summed E-state index contributed by atoms with van der Waals surface area (Å²) >= 11 is 0. The Morgan fingerprint density at radius 3 is 3.04 bits per heavy atom. The van der Waals surface area contributed by atoms with Crippen LogP contribution in [0.1, 0.15) is 25.1 Å². The van der Waals surface area contributed by atoms with Gasteiger partial charge in [0.05, 0.1) is 11.9 Å². The first-order valence-corrected chi connectivity index (χ1v) is 8.00. The zero-order valence-electron chi connectivity index (χ0n) is 12.6. The van der Waals surface area contributed by atoms with Gasteiger partial charge in [-0.05, 0) is 12.0 Å². The summed E-state index contributed by atoms with van der Waals surface area (Å²) in [7, 11) is 0. The first-order chi connectivity index (χ1) is 11.4.